The fourth-order valence-corrected chi connectivity index (χ4v) is 2.74. The average Bonchev–Trinajstić information content (AvgIpc) is 3.24. The molecule has 1 heterocycles. The van der Waals surface area contributed by atoms with Gasteiger partial charge in [0.25, 0.3) is 11.6 Å². The minimum absolute atomic E-state index is 0.0151. The molecule has 0 saturated heterocycles. The van der Waals surface area contributed by atoms with E-state index in [9.17, 15) is 14.9 Å². The second-order valence-corrected chi connectivity index (χ2v) is 6.31. The number of methoxy groups -OCH3 is 2. The third-order valence-electron chi connectivity index (χ3n) is 4.05. The van der Waals surface area contributed by atoms with E-state index in [0.29, 0.717) is 22.8 Å². The Balaban J connectivity index is 1.71. The predicted octanol–water partition coefficient (Wildman–Crippen LogP) is 3.42. The molecular formula is C19H16ClN5O5. The number of H-pyrrole nitrogens is 1. The lowest BCUT2D eigenvalue weighted by atomic mass is 10.1. The van der Waals surface area contributed by atoms with Gasteiger partial charge in [0.2, 0.25) is 0 Å². The molecule has 0 unspecified atom stereocenters. The molecule has 154 valence electrons. The van der Waals surface area contributed by atoms with Gasteiger partial charge in [0.1, 0.15) is 10.7 Å². The number of carbonyl (C=O) groups excluding carboxylic acids is 1. The van der Waals surface area contributed by atoms with E-state index in [2.05, 4.69) is 20.7 Å². The van der Waals surface area contributed by atoms with Crippen LogP contribution in [0.1, 0.15) is 16.1 Å². The number of nitrogens with zero attached hydrogens (tertiary/aromatic N) is 3. The molecule has 2 aromatic carbocycles. The third kappa shape index (κ3) is 4.55. The van der Waals surface area contributed by atoms with Crippen LogP contribution >= 0.6 is 11.6 Å². The first-order valence-electron chi connectivity index (χ1n) is 8.48. The van der Waals surface area contributed by atoms with Crippen molar-refractivity contribution in [3.05, 3.63) is 68.9 Å². The van der Waals surface area contributed by atoms with Crippen molar-refractivity contribution in [1.29, 1.82) is 0 Å². The Morgan fingerprint density at radius 3 is 2.67 bits per heavy atom. The summed E-state index contributed by atoms with van der Waals surface area (Å²) in [5.74, 6) is 0.575. The van der Waals surface area contributed by atoms with Gasteiger partial charge in [0.05, 0.1) is 31.1 Å². The number of rotatable bonds is 7. The van der Waals surface area contributed by atoms with E-state index in [0.717, 1.165) is 5.56 Å². The van der Waals surface area contributed by atoms with Gasteiger partial charge in [-0.25, -0.2) is 5.43 Å². The maximum Gasteiger partial charge on any atom is 0.289 e. The Hall–Kier alpha value is -3.92. The summed E-state index contributed by atoms with van der Waals surface area (Å²) in [4.78, 5) is 22.6. The smallest absolute Gasteiger partial charge is 0.289 e. The molecule has 30 heavy (non-hydrogen) atoms. The van der Waals surface area contributed by atoms with Crippen molar-refractivity contribution in [1.82, 2.24) is 15.6 Å². The molecule has 0 bridgehead atoms. The topological polar surface area (TPSA) is 132 Å². The fraction of sp³-hybridized carbons (Fsp3) is 0.105. The number of hydrogen-bond acceptors (Lipinski definition) is 7. The van der Waals surface area contributed by atoms with Gasteiger partial charge in [-0.05, 0) is 30.3 Å². The molecular weight excluding hydrogens is 414 g/mol. The first kappa shape index (κ1) is 20.8. The lowest BCUT2D eigenvalue weighted by Crippen LogP contribution is -2.18. The number of aromatic amines is 1. The maximum absolute atomic E-state index is 12.3. The highest BCUT2D eigenvalue weighted by atomic mass is 35.5. The van der Waals surface area contributed by atoms with Crippen molar-refractivity contribution in [2.45, 2.75) is 0 Å². The number of amides is 1. The molecule has 1 aromatic heterocycles. The molecule has 0 aliphatic rings. The van der Waals surface area contributed by atoms with Crippen molar-refractivity contribution in [3.8, 4) is 22.8 Å². The largest absolute Gasteiger partial charge is 0.493 e. The van der Waals surface area contributed by atoms with Gasteiger partial charge < -0.3 is 9.47 Å². The summed E-state index contributed by atoms with van der Waals surface area (Å²) in [5.41, 5.74) is 3.91. The molecule has 0 fully saturated rings. The predicted molar refractivity (Wildman–Crippen MR) is 110 cm³/mol. The number of benzene rings is 2. The summed E-state index contributed by atoms with van der Waals surface area (Å²) >= 11 is 5.76. The van der Waals surface area contributed by atoms with E-state index in [4.69, 9.17) is 21.1 Å². The zero-order valence-electron chi connectivity index (χ0n) is 15.9. The average molecular weight is 430 g/mol. The van der Waals surface area contributed by atoms with Crippen LogP contribution in [0.5, 0.6) is 11.5 Å². The molecule has 10 nitrogen and oxygen atoms in total. The second-order valence-electron chi connectivity index (χ2n) is 5.90. The van der Waals surface area contributed by atoms with Crippen LogP contribution in [-0.4, -0.2) is 41.5 Å². The van der Waals surface area contributed by atoms with Crippen molar-refractivity contribution < 1.29 is 19.2 Å². The van der Waals surface area contributed by atoms with Gasteiger partial charge in [-0.3, -0.25) is 20.0 Å². The van der Waals surface area contributed by atoms with Gasteiger partial charge in [-0.1, -0.05) is 17.7 Å². The number of halogens is 1. The summed E-state index contributed by atoms with van der Waals surface area (Å²) < 4.78 is 10.5. The second kappa shape index (κ2) is 9.05. The van der Waals surface area contributed by atoms with Crippen molar-refractivity contribution in [2.75, 3.05) is 14.2 Å². The molecule has 0 saturated carbocycles. The minimum atomic E-state index is -0.599. The highest BCUT2D eigenvalue weighted by Gasteiger charge is 2.14. The van der Waals surface area contributed by atoms with Crippen LogP contribution in [0.2, 0.25) is 5.02 Å². The Labute approximate surface area is 175 Å². The first-order valence-corrected chi connectivity index (χ1v) is 8.86. The van der Waals surface area contributed by atoms with Crippen LogP contribution in [0, 0.1) is 10.1 Å². The van der Waals surface area contributed by atoms with E-state index < -0.39 is 10.8 Å². The summed E-state index contributed by atoms with van der Waals surface area (Å²) in [6.45, 7) is 0. The van der Waals surface area contributed by atoms with E-state index in [1.165, 1.54) is 38.6 Å². The first-order chi connectivity index (χ1) is 14.4. The molecule has 2 N–H and O–H groups in total. The third-order valence-corrected chi connectivity index (χ3v) is 4.37. The van der Waals surface area contributed by atoms with Crippen LogP contribution in [0.15, 0.2) is 47.6 Å². The van der Waals surface area contributed by atoms with Gasteiger partial charge in [0, 0.05) is 17.2 Å². The zero-order valence-corrected chi connectivity index (χ0v) is 16.6. The highest BCUT2D eigenvalue weighted by Crippen LogP contribution is 2.31. The molecule has 0 aliphatic carbocycles. The fourth-order valence-electron chi connectivity index (χ4n) is 2.56. The molecule has 11 heteroatoms. The summed E-state index contributed by atoms with van der Waals surface area (Å²) in [6.07, 6.45) is 1.27. The van der Waals surface area contributed by atoms with Gasteiger partial charge in [0.15, 0.2) is 11.5 Å². The SMILES string of the molecule is COc1ccc(-c2cc(C(=O)NN=Cc3ccc(Cl)c([N+](=O)[O-])c3)[nH]n2)cc1OC. The number of nitro groups is 1. The molecule has 0 atom stereocenters. The van der Waals surface area contributed by atoms with E-state index in [-0.39, 0.29) is 16.4 Å². The highest BCUT2D eigenvalue weighted by molar-refractivity contribution is 6.32. The standard InChI is InChI=1S/C19H16ClN5O5/c1-29-17-6-4-12(8-18(17)30-2)14-9-15(23-22-14)19(26)24-21-10-11-3-5-13(20)16(7-11)25(27)28/h3-10H,1-2H3,(H,22,23)(H,24,26). The Morgan fingerprint density at radius 2 is 1.97 bits per heavy atom. The number of aromatic nitrogens is 2. The lowest BCUT2D eigenvalue weighted by Gasteiger charge is -2.08. The molecule has 1 amide bonds. The summed E-state index contributed by atoms with van der Waals surface area (Å²) in [7, 11) is 3.07. The number of hydrazone groups is 1. The van der Waals surface area contributed by atoms with E-state index in [1.807, 2.05) is 0 Å². The Kier molecular flexibility index (Phi) is 6.28. The monoisotopic (exact) mass is 429 g/mol. The van der Waals surface area contributed by atoms with Crippen LogP contribution in [0.4, 0.5) is 5.69 Å². The van der Waals surface area contributed by atoms with Gasteiger partial charge in [-0.15, -0.1) is 0 Å². The number of nitro benzene ring substituents is 1. The Bertz CT molecular complexity index is 1130. The van der Waals surface area contributed by atoms with Gasteiger partial charge in [-0.2, -0.15) is 10.2 Å². The number of nitrogens with one attached hydrogen (secondary N) is 2. The molecule has 0 aliphatic heterocycles. The van der Waals surface area contributed by atoms with Crippen molar-refractivity contribution >= 4 is 29.4 Å². The molecule has 0 spiro atoms. The van der Waals surface area contributed by atoms with Gasteiger partial charge >= 0.3 is 0 Å². The molecule has 3 aromatic rings. The number of ether oxygens (including phenoxy) is 2. The maximum atomic E-state index is 12.3. The Morgan fingerprint density at radius 1 is 1.20 bits per heavy atom. The van der Waals surface area contributed by atoms with E-state index >= 15 is 0 Å². The van der Waals surface area contributed by atoms with Crippen molar-refractivity contribution in [3.63, 3.8) is 0 Å². The van der Waals surface area contributed by atoms with E-state index in [1.54, 1.807) is 24.3 Å². The summed E-state index contributed by atoms with van der Waals surface area (Å²) in [6, 6.07) is 11.0. The molecule has 0 radical (unpaired) electrons. The quantitative estimate of drug-likeness (QED) is 0.336. The zero-order chi connectivity index (χ0) is 21.7. The lowest BCUT2D eigenvalue weighted by molar-refractivity contribution is -0.384. The van der Waals surface area contributed by atoms with Crippen LogP contribution in [-0.2, 0) is 0 Å². The minimum Gasteiger partial charge on any atom is -0.493 e. The van der Waals surface area contributed by atoms with Crippen LogP contribution < -0.4 is 14.9 Å². The van der Waals surface area contributed by atoms with Crippen LogP contribution in [0.25, 0.3) is 11.3 Å². The number of carbonyl (C=O) groups is 1. The van der Waals surface area contributed by atoms with Crippen LogP contribution in [0.3, 0.4) is 0 Å². The summed E-state index contributed by atoms with van der Waals surface area (Å²) in [5, 5.41) is 21.5. The van der Waals surface area contributed by atoms with Crippen molar-refractivity contribution in [2.24, 2.45) is 5.10 Å². The normalized spacial score (nSPS) is 10.8. The molecule has 3 rings (SSSR count). The number of hydrogen-bond donors (Lipinski definition) is 2.